The van der Waals surface area contributed by atoms with E-state index < -0.39 is 34.0 Å². The van der Waals surface area contributed by atoms with Gasteiger partial charge in [-0.15, -0.1) is 0 Å². The largest absolute Gasteiger partial charge is 0.418 e. The van der Waals surface area contributed by atoms with Gasteiger partial charge in [0.15, 0.2) is 5.84 Å². The molecule has 0 bridgehead atoms. The maximum Gasteiger partial charge on any atom is 0.418 e. The van der Waals surface area contributed by atoms with Gasteiger partial charge in [0, 0.05) is 0 Å². The lowest BCUT2D eigenvalue weighted by Gasteiger charge is -2.14. The molecule has 1 aromatic carbocycles. The van der Waals surface area contributed by atoms with Crippen molar-refractivity contribution in [3.8, 4) is 6.07 Å². The fraction of sp³-hybridized carbons (Fsp3) is 0.100. The fourth-order valence-electron chi connectivity index (χ4n) is 1.15. The van der Waals surface area contributed by atoms with Crippen LogP contribution in [0.25, 0.3) is 0 Å². The number of hydrazone groups is 1. The monoisotopic (exact) mass is 323 g/mol. The minimum absolute atomic E-state index is 0.126. The molecule has 0 aliphatic rings. The van der Waals surface area contributed by atoms with Gasteiger partial charge in [0.1, 0.15) is 6.07 Å². The molecule has 106 valence electrons. The second-order valence-electron chi connectivity index (χ2n) is 3.38. The number of nitrogens with one attached hydrogen (secondary N) is 2. The fourth-order valence-corrected chi connectivity index (χ4v) is 1.52. The van der Waals surface area contributed by atoms with E-state index in [1.165, 1.54) is 6.07 Å². The Morgan fingerprint density at radius 1 is 1.40 bits per heavy atom. The molecule has 0 unspecified atom stereocenters. The molecule has 0 radical (unpaired) electrons. The van der Waals surface area contributed by atoms with Crippen molar-refractivity contribution in [3.63, 3.8) is 0 Å². The van der Waals surface area contributed by atoms with Crippen LogP contribution in [0.3, 0.4) is 0 Å². The summed E-state index contributed by atoms with van der Waals surface area (Å²) in [6.45, 7) is 0. The second kappa shape index (κ2) is 5.98. The number of nitrogens with zero attached hydrogens (tertiary/aromatic N) is 2. The summed E-state index contributed by atoms with van der Waals surface area (Å²) in [7, 11) is 0. The first-order valence-electron chi connectivity index (χ1n) is 4.82. The molecule has 0 amide bonds. The smallest absolute Gasteiger partial charge is 0.382 e. The molecule has 5 nitrogen and oxygen atoms in total. The molecule has 0 aromatic heterocycles. The van der Waals surface area contributed by atoms with E-state index >= 15 is 0 Å². The molecule has 0 aliphatic carbocycles. The summed E-state index contributed by atoms with van der Waals surface area (Å²) >= 11 is 11.3. The number of rotatable bonds is 3. The highest BCUT2D eigenvalue weighted by Crippen LogP contribution is 2.41. The second-order valence-corrected chi connectivity index (χ2v) is 4.16. The van der Waals surface area contributed by atoms with Crippen LogP contribution < -0.4 is 11.2 Å². The molecule has 20 heavy (non-hydrogen) atoms. The Labute approximate surface area is 121 Å². The average molecular weight is 324 g/mol. The highest BCUT2D eigenvalue weighted by atomic mass is 35.5. The normalized spacial score (nSPS) is 11.9. The molecular weight excluding hydrogens is 318 g/mol. The SMILES string of the molecule is N#C/C(=N\Nc1c(C(F)(F)F)ccc(Cl)c1Cl)C(=N)N. The Balaban J connectivity index is 3.34. The van der Waals surface area contributed by atoms with E-state index in [-0.39, 0.29) is 5.02 Å². The van der Waals surface area contributed by atoms with Crippen LogP contribution in [0.1, 0.15) is 5.56 Å². The molecule has 4 N–H and O–H groups in total. The van der Waals surface area contributed by atoms with E-state index in [0.29, 0.717) is 6.07 Å². The molecule has 1 rings (SSSR count). The number of nitriles is 1. The quantitative estimate of drug-likeness (QED) is 0.452. The van der Waals surface area contributed by atoms with Crippen molar-refractivity contribution < 1.29 is 13.2 Å². The lowest BCUT2D eigenvalue weighted by Crippen LogP contribution is -2.22. The summed E-state index contributed by atoms with van der Waals surface area (Å²) in [5, 5.41) is 18.4. The van der Waals surface area contributed by atoms with Gasteiger partial charge in [-0.2, -0.15) is 23.5 Å². The first-order valence-corrected chi connectivity index (χ1v) is 5.57. The van der Waals surface area contributed by atoms with Crippen molar-refractivity contribution in [2.24, 2.45) is 10.8 Å². The lowest BCUT2D eigenvalue weighted by molar-refractivity contribution is -0.136. The third-order valence-electron chi connectivity index (χ3n) is 2.04. The van der Waals surface area contributed by atoms with Gasteiger partial charge in [-0.1, -0.05) is 23.2 Å². The lowest BCUT2D eigenvalue weighted by atomic mass is 10.1. The van der Waals surface area contributed by atoms with E-state index in [0.717, 1.165) is 6.07 Å². The van der Waals surface area contributed by atoms with Gasteiger partial charge < -0.3 is 5.73 Å². The molecule has 0 spiro atoms. The van der Waals surface area contributed by atoms with Crippen molar-refractivity contribution in [3.05, 3.63) is 27.7 Å². The van der Waals surface area contributed by atoms with Crippen LogP contribution >= 0.6 is 23.2 Å². The summed E-state index contributed by atoms with van der Waals surface area (Å²) < 4.78 is 38.4. The molecular formula is C10H6Cl2F3N5. The zero-order chi connectivity index (χ0) is 15.5. The van der Waals surface area contributed by atoms with Gasteiger partial charge in [0.2, 0.25) is 5.71 Å². The van der Waals surface area contributed by atoms with Crippen LogP contribution in [-0.4, -0.2) is 11.5 Å². The molecule has 1 aromatic rings. The van der Waals surface area contributed by atoms with Crippen LogP contribution in [0, 0.1) is 16.7 Å². The van der Waals surface area contributed by atoms with E-state index in [1.807, 2.05) is 5.43 Å². The van der Waals surface area contributed by atoms with Crippen LogP contribution in [0.15, 0.2) is 17.2 Å². The van der Waals surface area contributed by atoms with Gasteiger partial charge in [0.25, 0.3) is 0 Å². The zero-order valence-corrected chi connectivity index (χ0v) is 11.0. The standard InChI is InChI=1S/C10H6Cl2F3N5/c11-5-2-1-4(10(13,14)15)8(7(5)12)20-19-6(3-16)9(17)18/h1-2,20H,(H3,17,18)/b19-6+. The van der Waals surface area contributed by atoms with Crippen molar-refractivity contribution in [1.29, 1.82) is 10.7 Å². The summed E-state index contributed by atoms with van der Waals surface area (Å²) in [5.41, 5.74) is 4.65. The van der Waals surface area contributed by atoms with E-state index in [2.05, 4.69) is 5.10 Å². The number of halogens is 5. The Morgan fingerprint density at radius 2 is 2.00 bits per heavy atom. The topological polar surface area (TPSA) is 98.0 Å². The van der Waals surface area contributed by atoms with Crippen LogP contribution in [0.5, 0.6) is 0 Å². The maximum absolute atomic E-state index is 12.8. The molecule has 0 aliphatic heterocycles. The van der Waals surface area contributed by atoms with Crippen molar-refractivity contribution >= 4 is 40.4 Å². The summed E-state index contributed by atoms with van der Waals surface area (Å²) in [4.78, 5) is 0. The first kappa shape index (κ1) is 16.1. The van der Waals surface area contributed by atoms with Crippen LogP contribution in [0.4, 0.5) is 18.9 Å². The Hall–Kier alpha value is -1.98. The molecule has 0 saturated heterocycles. The summed E-state index contributed by atoms with van der Waals surface area (Å²) in [6, 6.07) is 3.14. The van der Waals surface area contributed by atoms with Crippen molar-refractivity contribution in [1.82, 2.24) is 0 Å². The predicted molar refractivity (Wildman–Crippen MR) is 70.0 cm³/mol. The van der Waals surface area contributed by atoms with Gasteiger partial charge in [-0.3, -0.25) is 10.8 Å². The van der Waals surface area contributed by atoms with E-state index in [1.54, 1.807) is 0 Å². The van der Waals surface area contributed by atoms with Gasteiger partial charge in [-0.05, 0) is 12.1 Å². The first-order chi connectivity index (χ1) is 9.18. The third kappa shape index (κ3) is 3.53. The van der Waals surface area contributed by atoms with Gasteiger partial charge in [0.05, 0.1) is 21.3 Å². The third-order valence-corrected chi connectivity index (χ3v) is 2.85. The molecule has 0 heterocycles. The summed E-state index contributed by atoms with van der Waals surface area (Å²) in [6.07, 6.45) is -4.70. The number of hydrogen-bond acceptors (Lipinski definition) is 4. The zero-order valence-electron chi connectivity index (χ0n) is 9.52. The molecule has 0 fully saturated rings. The van der Waals surface area contributed by atoms with Gasteiger partial charge in [-0.25, -0.2) is 0 Å². The molecule has 10 heteroatoms. The minimum Gasteiger partial charge on any atom is -0.382 e. The number of amidine groups is 1. The van der Waals surface area contributed by atoms with Crippen molar-refractivity contribution in [2.45, 2.75) is 6.18 Å². The Bertz CT molecular complexity index is 619. The van der Waals surface area contributed by atoms with E-state index in [9.17, 15) is 13.2 Å². The van der Waals surface area contributed by atoms with Crippen molar-refractivity contribution in [2.75, 3.05) is 5.43 Å². The minimum atomic E-state index is -4.70. The van der Waals surface area contributed by atoms with Gasteiger partial charge >= 0.3 is 6.18 Å². The highest BCUT2D eigenvalue weighted by molar-refractivity contribution is 6.46. The predicted octanol–water partition coefficient (Wildman–Crippen LogP) is 3.24. The Kier molecular flexibility index (Phi) is 4.81. The number of benzene rings is 1. The highest BCUT2D eigenvalue weighted by Gasteiger charge is 2.35. The number of alkyl halides is 3. The number of anilines is 1. The average Bonchev–Trinajstić information content (AvgIpc) is 2.33. The van der Waals surface area contributed by atoms with Crippen LogP contribution in [0.2, 0.25) is 10.0 Å². The van der Waals surface area contributed by atoms with Crippen LogP contribution in [-0.2, 0) is 6.18 Å². The number of nitrogens with two attached hydrogens (primary N) is 1. The number of hydrogen-bond donors (Lipinski definition) is 3. The van der Waals surface area contributed by atoms with E-state index in [4.69, 9.17) is 39.6 Å². The summed E-state index contributed by atoms with van der Waals surface area (Å²) in [5.74, 6) is -0.702. The Morgan fingerprint density at radius 3 is 2.45 bits per heavy atom. The maximum atomic E-state index is 12.8. The molecule has 0 saturated carbocycles. The molecule has 0 atom stereocenters.